The molecule has 0 spiro atoms. The molecule has 0 atom stereocenters. The van der Waals surface area contributed by atoms with Crippen molar-refractivity contribution < 1.29 is 4.42 Å². The molecule has 12 aromatic rings. The monoisotopic (exact) mass is 663 g/mol. The fourth-order valence-electron chi connectivity index (χ4n) is 8.88. The van der Waals surface area contributed by atoms with Gasteiger partial charge in [-0.2, -0.15) is 0 Å². The highest BCUT2D eigenvalue weighted by atomic mass is 16.3. The molecule has 12 rings (SSSR count). The van der Waals surface area contributed by atoms with E-state index in [4.69, 9.17) is 4.42 Å². The zero-order valence-corrected chi connectivity index (χ0v) is 28.0. The van der Waals surface area contributed by atoms with Crippen LogP contribution in [0.5, 0.6) is 0 Å². The predicted octanol–water partition coefficient (Wildman–Crippen LogP) is 12.9. The van der Waals surface area contributed by atoms with Gasteiger partial charge in [0, 0.05) is 54.5 Å². The molecule has 0 bridgehead atoms. The fourth-order valence-corrected chi connectivity index (χ4v) is 8.88. The van der Waals surface area contributed by atoms with Crippen molar-refractivity contribution in [3.05, 3.63) is 176 Å². The molecule has 8 aromatic carbocycles. The molecule has 0 radical (unpaired) electrons. The van der Waals surface area contributed by atoms with Crippen molar-refractivity contribution in [3.8, 4) is 17.1 Å². The number of hydrogen-bond acceptors (Lipinski definition) is 1. The number of hydrogen-bond donors (Lipinski definition) is 0. The van der Waals surface area contributed by atoms with Gasteiger partial charge < -0.3 is 18.1 Å². The third-order valence-corrected chi connectivity index (χ3v) is 11.0. The first-order valence-electron chi connectivity index (χ1n) is 17.8. The maximum Gasteiger partial charge on any atom is 0.135 e. The topological polar surface area (TPSA) is 27.9 Å². The van der Waals surface area contributed by atoms with E-state index < -0.39 is 0 Å². The van der Waals surface area contributed by atoms with E-state index in [1.165, 1.54) is 65.4 Å². The summed E-state index contributed by atoms with van der Waals surface area (Å²) >= 11 is 0. The predicted molar refractivity (Wildman–Crippen MR) is 217 cm³/mol. The van der Waals surface area contributed by atoms with Gasteiger partial charge in [0.2, 0.25) is 0 Å². The molecule has 0 aliphatic rings. The first-order chi connectivity index (χ1) is 25.8. The molecule has 0 saturated heterocycles. The van der Waals surface area contributed by atoms with Crippen molar-refractivity contribution in [2.45, 2.75) is 0 Å². The third kappa shape index (κ3) is 3.65. The van der Waals surface area contributed by atoms with Gasteiger partial charge in [-0.15, -0.1) is 0 Å². The Balaban J connectivity index is 1.14. The van der Waals surface area contributed by atoms with Gasteiger partial charge in [0.05, 0.1) is 38.8 Å². The second kappa shape index (κ2) is 10.3. The lowest BCUT2D eigenvalue weighted by atomic mass is 10.1. The summed E-state index contributed by atoms with van der Waals surface area (Å²) in [6, 6.07) is 63.6. The van der Waals surface area contributed by atoms with Crippen LogP contribution in [0.3, 0.4) is 0 Å². The number of benzene rings is 8. The zero-order valence-electron chi connectivity index (χ0n) is 28.0. The molecule has 0 unspecified atom stereocenters. The molecular weight excluding hydrogens is 635 g/mol. The van der Waals surface area contributed by atoms with E-state index in [1.54, 1.807) is 0 Å². The van der Waals surface area contributed by atoms with Gasteiger partial charge in [-0.3, -0.25) is 0 Å². The second-order valence-electron chi connectivity index (χ2n) is 13.7. The Kier molecular flexibility index (Phi) is 5.47. The fraction of sp³-hybridized carbons (Fsp3) is 0. The van der Waals surface area contributed by atoms with Crippen LogP contribution in [0.1, 0.15) is 0 Å². The number of para-hydroxylation sites is 5. The Labute approximate surface area is 297 Å². The molecule has 242 valence electrons. The Bertz CT molecular complexity index is 3370. The number of furan rings is 1. The van der Waals surface area contributed by atoms with Crippen molar-refractivity contribution in [3.63, 3.8) is 0 Å². The van der Waals surface area contributed by atoms with Crippen molar-refractivity contribution >= 4 is 87.4 Å². The van der Waals surface area contributed by atoms with E-state index >= 15 is 0 Å². The summed E-state index contributed by atoms with van der Waals surface area (Å²) in [7, 11) is 0. The Hall–Kier alpha value is -7.04. The van der Waals surface area contributed by atoms with E-state index in [-0.39, 0.29) is 0 Å². The molecule has 0 aliphatic carbocycles. The van der Waals surface area contributed by atoms with Crippen molar-refractivity contribution in [1.29, 1.82) is 0 Å². The SMILES string of the molecule is c1ccc2c(c1)oc1ccc(-n3c4ccccc4c4c(-n5c6ccccc6c6cc(-n7c8ccccc8c8ccccc87)ccc65)cccc43)cc12. The van der Waals surface area contributed by atoms with E-state index in [2.05, 4.69) is 177 Å². The average Bonchev–Trinajstić information content (AvgIpc) is 3.94. The maximum atomic E-state index is 6.21. The van der Waals surface area contributed by atoms with Gasteiger partial charge in [0.1, 0.15) is 11.2 Å². The molecule has 0 saturated carbocycles. The minimum absolute atomic E-state index is 0.900. The van der Waals surface area contributed by atoms with Gasteiger partial charge in [0.15, 0.2) is 0 Å². The molecule has 4 heterocycles. The summed E-state index contributed by atoms with van der Waals surface area (Å²) in [6.45, 7) is 0. The smallest absolute Gasteiger partial charge is 0.135 e. The van der Waals surface area contributed by atoms with Crippen LogP contribution < -0.4 is 0 Å². The molecule has 0 aliphatic heterocycles. The first-order valence-corrected chi connectivity index (χ1v) is 17.8. The first kappa shape index (κ1) is 27.7. The van der Waals surface area contributed by atoms with Crippen molar-refractivity contribution in [1.82, 2.24) is 13.7 Å². The van der Waals surface area contributed by atoms with Crippen LogP contribution in [-0.4, -0.2) is 13.7 Å². The molecular formula is C48H29N3O. The number of nitrogens with zero attached hydrogens (tertiary/aromatic N) is 3. The van der Waals surface area contributed by atoms with Crippen molar-refractivity contribution in [2.24, 2.45) is 0 Å². The normalized spacial score (nSPS) is 12.2. The summed E-state index contributed by atoms with van der Waals surface area (Å²) in [4.78, 5) is 0. The highest BCUT2D eigenvalue weighted by Gasteiger charge is 2.21. The van der Waals surface area contributed by atoms with Gasteiger partial charge in [-0.1, -0.05) is 97.1 Å². The number of fused-ring (bicyclic) bond motifs is 12. The highest BCUT2D eigenvalue weighted by molar-refractivity contribution is 6.17. The van der Waals surface area contributed by atoms with Crippen molar-refractivity contribution in [2.75, 3.05) is 0 Å². The van der Waals surface area contributed by atoms with Gasteiger partial charge in [-0.25, -0.2) is 0 Å². The molecule has 0 N–H and O–H groups in total. The minimum Gasteiger partial charge on any atom is -0.456 e. The maximum absolute atomic E-state index is 6.21. The lowest BCUT2D eigenvalue weighted by Gasteiger charge is -2.12. The zero-order chi connectivity index (χ0) is 33.9. The summed E-state index contributed by atoms with van der Waals surface area (Å²) < 4.78 is 13.5. The molecule has 4 nitrogen and oxygen atoms in total. The van der Waals surface area contributed by atoms with Crippen LogP contribution in [0, 0.1) is 0 Å². The Morgan fingerprint density at radius 1 is 0.288 bits per heavy atom. The largest absolute Gasteiger partial charge is 0.456 e. The summed E-state index contributed by atoms with van der Waals surface area (Å²) in [5.41, 5.74) is 12.4. The van der Waals surface area contributed by atoms with E-state index in [9.17, 15) is 0 Å². The Morgan fingerprint density at radius 2 is 0.750 bits per heavy atom. The van der Waals surface area contributed by atoms with Crippen LogP contribution in [0.4, 0.5) is 0 Å². The standard InChI is InChI=1S/C48H29N3O/c1-6-17-39-32(12-1)33-13-2-7-18-40(33)49(39)30-24-26-43-37(28-30)34-14-3-8-19-41(34)51(43)45-22-11-21-44-48(45)36-16-4-9-20-42(36)50(44)31-25-27-47-38(29-31)35-15-5-10-23-46(35)52-47/h1-29H. The summed E-state index contributed by atoms with van der Waals surface area (Å²) in [5, 5.41) is 9.70. The van der Waals surface area contributed by atoms with Crippen LogP contribution >= 0.6 is 0 Å². The van der Waals surface area contributed by atoms with Gasteiger partial charge in [0.25, 0.3) is 0 Å². The van der Waals surface area contributed by atoms with Crippen LogP contribution in [0.2, 0.25) is 0 Å². The quantitative estimate of drug-likeness (QED) is 0.185. The molecule has 4 aromatic heterocycles. The number of aromatic nitrogens is 3. The van der Waals surface area contributed by atoms with Crippen LogP contribution in [-0.2, 0) is 0 Å². The van der Waals surface area contributed by atoms with E-state index in [1.807, 2.05) is 12.1 Å². The molecule has 4 heteroatoms. The van der Waals surface area contributed by atoms with Gasteiger partial charge >= 0.3 is 0 Å². The molecule has 0 fully saturated rings. The number of rotatable bonds is 3. The molecule has 0 amide bonds. The minimum atomic E-state index is 0.900. The summed E-state index contributed by atoms with van der Waals surface area (Å²) in [6.07, 6.45) is 0. The van der Waals surface area contributed by atoms with E-state index in [0.29, 0.717) is 0 Å². The van der Waals surface area contributed by atoms with Crippen LogP contribution in [0.15, 0.2) is 180 Å². The van der Waals surface area contributed by atoms with Crippen LogP contribution in [0.25, 0.3) is 104 Å². The van der Waals surface area contributed by atoms with E-state index in [0.717, 1.165) is 39.0 Å². The van der Waals surface area contributed by atoms with Gasteiger partial charge in [-0.05, 0) is 78.9 Å². The third-order valence-electron chi connectivity index (χ3n) is 11.0. The summed E-state index contributed by atoms with van der Waals surface area (Å²) in [5.74, 6) is 0. The lowest BCUT2D eigenvalue weighted by Crippen LogP contribution is -1.97. The average molecular weight is 664 g/mol. The lowest BCUT2D eigenvalue weighted by molar-refractivity contribution is 0.669. The second-order valence-corrected chi connectivity index (χ2v) is 13.7. The molecule has 52 heavy (non-hydrogen) atoms. The highest BCUT2D eigenvalue weighted by Crippen LogP contribution is 2.42. The Morgan fingerprint density at radius 3 is 1.46 bits per heavy atom.